The summed E-state index contributed by atoms with van der Waals surface area (Å²) >= 11 is 0. The lowest BCUT2D eigenvalue weighted by Crippen LogP contribution is -2.30. The van der Waals surface area contributed by atoms with Gasteiger partial charge in [0.15, 0.2) is 12.2 Å². The molecule has 19 heteroatoms. The molecule has 0 aromatic rings. The van der Waals surface area contributed by atoms with E-state index >= 15 is 0 Å². The summed E-state index contributed by atoms with van der Waals surface area (Å²) in [5.41, 5.74) is 0. The molecule has 0 radical (unpaired) electrons. The Morgan fingerprint density at radius 3 is 0.788 bits per heavy atom. The van der Waals surface area contributed by atoms with Gasteiger partial charge >= 0.3 is 39.5 Å². The van der Waals surface area contributed by atoms with Crippen LogP contribution in [0.15, 0.2) is 134 Å². The van der Waals surface area contributed by atoms with Gasteiger partial charge in [-0.25, -0.2) is 9.13 Å². The van der Waals surface area contributed by atoms with E-state index in [0.717, 1.165) is 135 Å². The molecule has 596 valence electrons. The van der Waals surface area contributed by atoms with Crippen molar-refractivity contribution < 1.29 is 80.2 Å². The van der Waals surface area contributed by atoms with Crippen LogP contribution in [-0.4, -0.2) is 96.7 Å². The monoisotopic (exact) mass is 1500 g/mol. The molecule has 0 rings (SSSR count). The first-order valence-corrected chi connectivity index (χ1v) is 43.4. The van der Waals surface area contributed by atoms with E-state index in [2.05, 4.69) is 137 Å². The first-order valence-electron chi connectivity index (χ1n) is 40.4. The lowest BCUT2D eigenvalue weighted by molar-refractivity contribution is -0.161. The summed E-state index contributed by atoms with van der Waals surface area (Å²) in [6, 6.07) is 0. The van der Waals surface area contributed by atoms with Crippen LogP contribution in [0.3, 0.4) is 0 Å². The Morgan fingerprint density at radius 2 is 0.481 bits per heavy atom. The van der Waals surface area contributed by atoms with Gasteiger partial charge in [0.1, 0.15) is 19.3 Å². The largest absolute Gasteiger partial charge is 0.472 e. The summed E-state index contributed by atoms with van der Waals surface area (Å²) in [6.07, 6.45) is 85.8. The molecule has 0 aliphatic heterocycles. The maximum atomic E-state index is 13.1. The molecule has 0 aromatic heterocycles. The first-order chi connectivity index (χ1) is 50.7. The third-order valence-electron chi connectivity index (χ3n) is 16.6. The molecule has 0 saturated heterocycles. The molecule has 3 N–H and O–H groups in total. The molecule has 17 nitrogen and oxygen atoms in total. The van der Waals surface area contributed by atoms with E-state index in [0.29, 0.717) is 38.5 Å². The van der Waals surface area contributed by atoms with Crippen LogP contribution in [0.4, 0.5) is 0 Å². The Morgan fingerprint density at radius 1 is 0.269 bits per heavy atom. The van der Waals surface area contributed by atoms with Crippen LogP contribution in [0.1, 0.15) is 323 Å². The van der Waals surface area contributed by atoms with Crippen LogP contribution in [0.25, 0.3) is 0 Å². The molecule has 0 aromatic carbocycles. The van der Waals surface area contributed by atoms with E-state index in [9.17, 15) is 43.2 Å². The van der Waals surface area contributed by atoms with Crippen molar-refractivity contribution in [3.8, 4) is 0 Å². The van der Waals surface area contributed by atoms with Crippen molar-refractivity contribution in [1.82, 2.24) is 0 Å². The number of aliphatic hydroxyl groups excluding tert-OH is 1. The highest BCUT2D eigenvalue weighted by Crippen LogP contribution is 2.45. The normalized spacial score (nSPS) is 14.6. The summed E-state index contributed by atoms with van der Waals surface area (Å²) in [7, 11) is -10.0. The quantitative estimate of drug-likeness (QED) is 0.0169. The molecule has 0 fully saturated rings. The van der Waals surface area contributed by atoms with Gasteiger partial charge in [0.2, 0.25) is 0 Å². The van der Waals surface area contributed by atoms with Crippen LogP contribution in [0.2, 0.25) is 0 Å². The average molecular weight is 1500 g/mol. The third kappa shape index (κ3) is 75.4. The number of aliphatic hydroxyl groups is 1. The lowest BCUT2D eigenvalue weighted by Gasteiger charge is -2.21. The first kappa shape index (κ1) is 99.2. The zero-order valence-corrected chi connectivity index (χ0v) is 66.9. The number of phosphoric ester groups is 2. The number of hydrogen-bond donors (Lipinski definition) is 3. The molecular formula is C85H144O17P2. The summed E-state index contributed by atoms with van der Waals surface area (Å²) < 4.78 is 68.5. The van der Waals surface area contributed by atoms with Gasteiger partial charge < -0.3 is 33.8 Å². The zero-order chi connectivity index (χ0) is 76.0. The van der Waals surface area contributed by atoms with Crippen LogP contribution in [0, 0.1) is 0 Å². The molecule has 5 atom stereocenters. The Labute approximate surface area is 631 Å². The SMILES string of the molecule is CCCCC/C=C\C/C=C\C/C=C\C/C=C\CCCC(=O)OC[C@H](COP(=O)(O)OCC(O)COP(=O)(O)OC[C@@H](COC(=O)CCCCCCC/C=C\C/C=C\CCCCC)OC(=O)CCCCCCC/C=C\C/C=C\CCCCC)OC(=O)CCC/C=C\C/C=C\C/C=C\CCCCCCCC. The number of esters is 4. The topological polar surface area (TPSA) is 237 Å². The second-order valence-electron chi connectivity index (χ2n) is 26.6. The molecule has 0 saturated carbocycles. The second-order valence-corrected chi connectivity index (χ2v) is 29.5. The van der Waals surface area contributed by atoms with Crippen LogP contribution < -0.4 is 0 Å². The Kier molecular flexibility index (Phi) is 72.9. The molecule has 104 heavy (non-hydrogen) atoms. The minimum atomic E-state index is -5.01. The van der Waals surface area contributed by atoms with Gasteiger partial charge in [0, 0.05) is 25.7 Å². The molecule has 0 heterocycles. The van der Waals surface area contributed by atoms with E-state index < -0.39 is 97.5 Å². The smallest absolute Gasteiger partial charge is 0.462 e. The molecule has 0 aliphatic rings. The predicted molar refractivity (Wildman–Crippen MR) is 427 cm³/mol. The standard InChI is InChI=1S/C85H144O17P2/c1-5-9-13-17-21-25-29-33-37-39-43-46-50-54-58-62-66-70-83(88)96-76-81(102-85(90)72-68-64-60-56-52-48-44-40-38-34-30-26-22-18-14-10-6-2)78-100-104(93,94)98-74-79(86)73-97-103(91,92)99-77-80(101-84(89)71-67-63-59-55-51-47-42-36-32-28-24-20-16-12-8-4)75-95-82(87)69-65-61-57-53-49-45-41-35-31-27-23-19-15-11-7-3/h21,23-25,27-28,33-38,41-44,46,48,54,56,58,60,79-81,86H,5-20,22,26,29-32,39-40,45,47,49-53,55,57,59,61-78H2,1-4H3,(H,91,92)(H,93,94)/b25-21-,27-23-,28-24-,37-33-,38-34-,41-35-,42-36-,46-43-,48-44-,58-54-,60-56-/t79?,80-,81-/m1/s1. The van der Waals surface area contributed by atoms with E-state index in [1.54, 1.807) is 0 Å². The molecular weight excluding hydrogens is 1350 g/mol. The van der Waals surface area contributed by atoms with Gasteiger partial charge in [-0.1, -0.05) is 271 Å². The average Bonchev–Trinajstić information content (AvgIpc) is 0.926. The van der Waals surface area contributed by atoms with Gasteiger partial charge in [-0.3, -0.25) is 37.3 Å². The third-order valence-corrected chi connectivity index (χ3v) is 18.5. The molecule has 0 aliphatic carbocycles. The Balaban J connectivity index is 5.49. The predicted octanol–water partition coefficient (Wildman–Crippen LogP) is 23.7. The maximum Gasteiger partial charge on any atom is 0.472 e. The van der Waals surface area contributed by atoms with Crippen molar-refractivity contribution in [3.63, 3.8) is 0 Å². The van der Waals surface area contributed by atoms with Crippen molar-refractivity contribution in [2.45, 2.75) is 341 Å². The van der Waals surface area contributed by atoms with Gasteiger partial charge in [0.05, 0.1) is 26.4 Å². The summed E-state index contributed by atoms with van der Waals surface area (Å²) in [4.78, 5) is 73.0. The zero-order valence-electron chi connectivity index (χ0n) is 65.2. The maximum absolute atomic E-state index is 13.1. The molecule has 3 unspecified atom stereocenters. The summed E-state index contributed by atoms with van der Waals surface area (Å²) in [5.74, 6) is -2.33. The molecule has 0 spiro atoms. The van der Waals surface area contributed by atoms with Crippen molar-refractivity contribution in [2.24, 2.45) is 0 Å². The number of rotatable bonds is 75. The van der Waals surface area contributed by atoms with E-state index in [4.69, 9.17) is 37.0 Å². The van der Waals surface area contributed by atoms with Gasteiger partial charge in [-0.2, -0.15) is 0 Å². The van der Waals surface area contributed by atoms with Gasteiger partial charge in [0.25, 0.3) is 0 Å². The van der Waals surface area contributed by atoms with Crippen molar-refractivity contribution >= 4 is 39.5 Å². The lowest BCUT2D eigenvalue weighted by atomic mass is 10.1. The molecule has 0 bridgehead atoms. The number of ether oxygens (including phenoxy) is 4. The van der Waals surface area contributed by atoms with Crippen molar-refractivity contribution in [1.29, 1.82) is 0 Å². The Bertz CT molecular complexity index is 2490. The molecule has 0 amide bonds. The highest BCUT2D eigenvalue weighted by Gasteiger charge is 2.30. The number of carbonyl (C=O) groups is 4. The number of allylic oxidation sites excluding steroid dienone is 22. The number of hydrogen-bond acceptors (Lipinski definition) is 15. The van der Waals surface area contributed by atoms with Crippen molar-refractivity contribution in [3.05, 3.63) is 134 Å². The number of carbonyl (C=O) groups excluding carboxylic acids is 4. The van der Waals surface area contributed by atoms with E-state index in [1.165, 1.54) is 96.3 Å². The minimum absolute atomic E-state index is 0.00838. The fourth-order valence-electron chi connectivity index (χ4n) is 10.3. The Hall–Kier alpha value is -4.80. The number of phosphoric acid groups is 2. The highest BCUT2D eigenvalue weighted by molar-refractivity contribution is 7.47. The van der Waals surface area contributed by atoms with Gasteiger partial charge in [-0.15, -0.1) is 0 Å². The van der Waals surface area contributed by atoms with Gasteiger partial charge in [-0.05, 0) is 161 Å². The fraction of sp³-hybridized carbons (Fsp3) is 0.694. The van der Waals surface area contributed by atoms with Crippen LogP contribution in [-0.2, 0) is 65.4 Å². The van der Waals surface area contributed by atoms with E-state index in [1.807, 2.05) is 24.3 Å². The fourth-order valence-corrected chi connectivity index (χ4v) is 11.9. The van der Waals surface area contributed by atoms with Crippen molar-refractivity contribution in [2.75, 3.05) is 39.6 Å². The summed E-state index contributed by atoms with van der Waals surface area (Å²) in [6.45, 7) is 4.65. The highest BCUT2D eigenvalue weighted by atomic mass is 31.2. The summed E-state index contributed by atoms with van der Waals surface area (Å²) in [5, 5.41) is 10.6. The minimum Gasteiger partial charge on any atom is -0.462 e. The number of unbranched alkanes of at least 4 members (excludes halogenated alkanes) is 27. The second kappa shape index (κ2) is 76.4. The van der Waals surface area contributed by atoms with E-state index in [-0.39, 0.29) is 25.7 Å². The van der Waals surface area contributed by atoms with Crippen LogP contribution in [0.5, 0.6) is 0 Å². The van der Waals surface area contributed by atoms with Crippen LogP contribution >= 0.6 is 15.6 Å².